The van der Waals surface area contributed by atoms with E-state index in [1.165, 1.54) is 0 Å². The van der Waals surface area contributed by atoms with Crippen molar-refractivity contribution in [2.45, 2.75) is 13.0 Å². The van der Waals surface area contributed by atoms with Gasteiger partial charge in [0.1, 0.15) is 6.10 Å². The highest BCUT2D eigenvalue weighted by Gasteiger charge is 2.37. The van der Waals surface area contributed by atoms with Gasteiger partial charge in [-0.05, 0) is 24.6 Å². The number of fused-ring (bicyclic) bond motifs is 1. The van der Waals surface area contributed by atoms with Crippen LogP contribution in [0.15, 0.2) is 54.6 Å². The number of carbonyl (C=O) groups is 2. The van der Waals surface area contributed by atoms with Crippen LogP contribution in [0.4, 0.5) is 0 Å². The Labute approximate surface area is 116 Å². The third kappa shape index (κ3) is 2.00. The van der Waals surface area contributed by atoms with Crippen LogP contribution in [0.2, 0.25) is 0 Å². The first-order valence-electron chi connectivity index (χ1n) is 6.38. The highest BCUT2D eigenvalue weighted by molar-refractivity contribution is 6.20. The first-order chi connectivity index (χ1) is 9.68. The molecule has 1 aliphatic heterocycles. The molecule has 2 amide bonds. The fourth-order valence-electron chi connectivity index (χ4n) is 2.21. The third-order valence-electron chi connectivity index (χ3n) is 3.29. The third-order valence-corrected chi connectivity index (χ3v) is 3.29. The second kappa shape index (κ2) is 4.90. The van der Waals surface area contributed by atoms with Gasteiger partial charge in [0.25, 0.3) is 11.8 Å². The molecule has 0 fully saturated rings. The maximum absolute atomic E-state index is 12.2. The summed E-state index contributed by atoms with van der Waals surface area (Å²) < 4.78 is 0. The molecule has 2 aromatic rings. The van der Waals surface area contributed by atoms with Gasteiger partial charge >= 0.3 is 0 Å². The van der Waals surface area contributed by atoms with Crippen molar-refractivity contribution in [3.05, 3.63) is 71.3 Å². The summed E-state index contributed by atoms with van der Waals surface area (Å²) >= 11 is 0. The van der Waals surface area contributed by atoms with Crippen LogP contribution in [0.3, 0.4) is 0 Å². The van der Waals surface area contributed by atoms with Crippen molar-refractivity contribution in [1.82, 2.24) is 5.06 Å². The summed E-state index contributed by atoms with van der Waals surface area (Å²) in [5, 5.41) is 0.850. The number of imide groups is 1. The Hall–Kier alpha value is -2.46. The summed E-state index contributed by atoms with van der Waals surface area (Å²) in [5.74, 6) is -0.818. The quantitative estimate of drug-likeness (QED) is 0.803. The van der Waals surface area contributed by atoms with Gasteiger partial charge < -0.3 is 0 Å². The van der Waals surface area contributed by atoms with Gasteiger partial charge in [0, 0.05) is 0 Å². The molecule has 1 atom stereocenters. The number of hydrogen-bond donors (Lipinski definition) is 0. The highest BCUT2D eigenvalue weighted by Crippen LogP contribution is 2.26. The average Bonchev–Trinajstić information content (AvgIpc) is 2.74. The second-order valence-electron chi connectivity index (χ2n) is 4.61. The molecule has 0 N–H and O–H groups in total. The molecule has 0 saturated carbocycles. The van der Waals surface area contributed by atoms with Gasteiger partial charge in [-0.25, -0.2) is 0 Å². The standard InChI is InChI=1S/C16H13NO3/c1-11(12-7-3-2-4-8-12)20-17-15(18)13-9-5-6-10-14(13)16(17)19/h2-11H,1H3/t11-/m0/s1. The van der Waals surface area contributed by atoms with Crippen LogP contribution in [0.25, 0.3) is 0 Å². The molecule has 0 bridgehead atoms. The lowest BCUT2D eigenvalue weighted by molar-refractivity contribution is -0.128. The first kappa shape index (κ1) is 12.6. The van der Waals surface area contributed by atoms with E-state index in [0.717, 1.165) is 10.6 Å². The number of hydrogen-bond acceptors (Lipinski definition) is 3. The summed E-state index contributed by atoms with van der Waals surface area (Å²) in [7, 11) is 0. The highest BCUT2D eigenvalue weighted by atomic mass is 16.7. The van der Waals surface area contributed by atoms with E-state index in [0.29, 0.717) is 11.1 Å². The minimum Gasteiger partial charge on any atom is -0.266 e. The molecule has 1 heterocycles. The molecule has 4 heteroatoms. The minimum atomic E-state index is -0.409. The Morgan fingerprint density at radius 3 is 1.90 bits per heavy atom. The molecular weight excluding hydrogens is 254 g/mol. The molecule has 20 heavy (non-hydrogen) atoms. The van der Waals surface area contributed by atoms with Gasteiger partial charge in [-0.2, -0.15) is 0 Å². The van der Waals surface area contributed by atoms with Crippen LogP contribution in [0.1, 0.15) is 39.3 Å². The predicted octanol–water partition coefficient (Wildman–Crippen LogP) is 2.98. The lowest BCUT2D eigenvalue weighted by atomic mass is 10.1. The summed E-state index contributed by atoms with van der Waals surface area (Å²) in [6, 6.07) is 16.2. The minimum absolute atomic E-state index is 0.376. The first-order valence-corrected chi connectivity index (χ1v) is 6.38. The molecule has 3 rings (SSSR count). The van der Waals surface area contributed by atoms with Crippen LogP contribution >= 0.6 is 0 Å². The fourth-order valence-corrected chi connectivity index (χ4v) is 2.21. The van der Waals surface area contributed by atoms with Crippen LogP contribution in [0, 0.1) is 0 Å². The Morgan fingerprint density at radius 2 is 1.35 bits per heavy atom. The molecule has 0 radical (unpaired) electrons. The molecule has 2 aromatic carbocycles. The lowest BCUT2D eigenvalue weighted by Crippen LogP contribution is -2.31. The number of amides is 2. The maximum Gasteiger partial charge on any atom is 0.285 e. The summed E-state index contributed by atoms with van der Waals surface area (Å²) in [4.78, 5) is 29.8. The van der Waals surface area contributed by atoms with Crippen LogP contribution in [-0.4, -0.2) is 16.9 Å². The summed E-state index contributed by atoms with van der Waals surface area (Å²) in [5.41, 5.74) is 1.68. The van der Waals surface area contributed by atoms with E-state index in [-0.39, 0.29) is 6.10 Å². The van der Waals surface area contributed by atoms with Crippen molar-refractivity contribution in [3.8, 4) is 0 Å². The molecule has 0 aliphatic carbocycles. The SMILES string of the molecule is C[C@H](ON1C(=O)c2ccccc2C1=O)c1ccccc1. The molecule has 0 aromatic heterocycles. The molecule has 1 aliphatic rings. The van der Waals surface area contributed by atoms with E-state index in [9.17, 15) is 9.59 Å². The number of rotatable bonds is 3. The second-order valence-corrected chi connectivity index (χ2v) is 4.61. The van der Waals surface area contributed by atoms with E-state index < -0.39 is 11.8 Å². The Bertz CT molecular complexity index is 631. The van der Waals surface area contributed by atoms with Crippen molar-refractivity contribution in [1.29, 1.82) is 0 Å². The number of hydroxylamine groups is 2. The van der Waals surface area contributed by atoms with E-state index in [4.69, 9.17) is 4.84 Å². The summed E-state index contributed by atoms with van der Waals surface area (Å²) in [6.45, 7) is 1.80. The van der Waals surface area contributed by atoms with Crippen LogP contribution < -0.4 is 0 Å². The average molecular weight is 267 g/mol. The van der Waals surface area contributed by atoms with E-state index >= 15 is 0 Å². The van der Waals surface area contributed by atoms with Crippen molar-refractivity contribution in [2.75, 3.05) is 0 Å². The molecule has 100 valence electrons. The molecule has 0 spiro atoms. The Balaban J connectivity index is 1.84. The molecule has 0 saturated heterocycles. The zero-order valence-electron chi connectivity index (χ0n) is 10.9. The topological polar surface area (TPSA) is 46.6 Å². The predicted molar refractivity (Wildman–Crippen MR) is 72.9 cm³/mol. The lowest BCUT2D eigenvalue weighted by Gasteiger charge is -2.19. The van der Waals surface area contributed by atoms with Gasteiger partial charge in [0.05, 0.1) is 11.1 Å². The van der Waals surface area contributed by atoms with Crippen molar-refractivity contribution in [3.63, 3.8) is 0 Å². The van der Waals surface area contributed by atoms with Gasteiger partial charge in [-0.3, -0.25) is 14.4 Å². The zero-order valence-corrected chi connectivity index (χ0v) is 10.9. The van der Waals surface area contributed by atoms with Crippen LogP contribution in [0.5, 0.6) is 0 Å². The van der Waals surface area contributed by atoms with Gasteiger partial charge in [0.15, 0.2) is 0 Å². The van der Waals surface area contributed by atoms with E-state index in [1.54, 1.807) is 31.2 Å². The van der Waals surface area contributed by atoms with Gasteiger partial charge in [-0.1, -0.05) is 42.5 Å². The van der Waals surface area contributed by atoms with E-state index in [2.05, 4.69) is 0 Å². The van der Waals surface area contributed by atoms with Crippen LogP contribution in [-0.2, 0) is 4.84 Å². The van der Waals surface area contributed by atoms with Gasteiger partial charge in [0.2, 0.25) is 0 Å². The normalized spacial score (nSPS) is 15.3. The van der Waals surface area contributed by atoms with E-state index in [1.807, 2.05) is 30.3 Å². The number of nitrogens with zero attached hydrogens (tertiary/aromatic N) is 1. The monoisotopic (exact) mass is 267 g/mol. The largest absolute Gasteiger partial charge is 0.285 e. The molecular formula is C16H13NO3. The zero-order chi connectivity index (χ0) is 14.1. The van der Waals surface area contributed by atoms with Crippen molar-refractivity contribution < 1.29 is 14.4 Å². The Morgan fingerprint density at radius 1 is 0.850 bits per heavy atom. The van der Waals surface area contributed by atoms with Crippen molar-refractivity contribution in [2.24, 2.45) is 0 Å². The fraction of sp³-hybridized carbons (Fsp3) is 0.125. The molecule has 4 nitrogen and oxygen atoms in total. The molecule has 0 unspecified atom stereocenters. The Kier molecular flexibility index (Phi) is 3.08. The van der Waals surface area contributed by atoms with Crippen molar-refractivity contribution >= 4 is 11.8 Å². The number of benzene rings is 2. The smallest absolute Gasteiger partial charge is 0.266 e. The number of carbonyl (C=O) groups excluding carboxylic acids is 2. The maximum atomic E-state index is 12.2. The van der Waals surface area contributed by atoms with Gasteiger partial charge in [-0.15, -0.1) is 5.06 Å². The summed E-state index contributed by atoms with van der Waals surface area (Å²) in [6.07, 6.45) is -0.376.